The minimum Gasteiger partial charge on any atom is -0.369 e. The second kappa shape index (κ2) is 7.91. The first-order valence-corrected chi connectivity index (χ1v) is 10.5. The van der Waals surface area contributed by atoms with E-state index in [4.69, 9.17) is 0 Å². The van der Waals surface area contributed by atoms with Crippen LogP contribution >= 0.6 is 0 Å². The quantitative estimate of drug-likeness (QED) is 0.680. The fraction of sp³-hybridized carbons (Fsp3) is 0.455. The lowest BCUT2D eigenvalue weighted by Gasteiger charge is -2.36. The van der Waals surface area contributed by atoms with Crippen LogP contribution in [-0.2, 0) is 6.54 Å². The van der Waals surface area contributed by atoms with E-state index >= 15 is 0 Å². The first-order valence-electron chi connectivity index (χ1n) is 10.5. The highest BCUT2D eigenvalue weighted by Crippen LogP contribution is 2.30. The van der Waals surface area contributed by atoms with E-state index in [0.717, 1.165) is 68.5 Å². The smallest absolute Gasteiger partial charge is 0.139 e. The lowest BCUT2D eigenvalue weighted by atomic mass is 10.1. The molecule has 0 spiro atoms. The number of hydrogen-bond donors (Lipinski definition) is 0. The maximum atomic E-state index is 4.62. The second-order valence-electron chi connectivity index (χ2n) is 8.01. The van der Waals surface area contributed by atoms with Crippen molar-refractivity contribution in [2.75, 3.05) is 49.1 Å². The number of fused-ring (bicyclic) bond motifs is 1. The number of aryl methyl sites for hydroxylation is 1. The summed E-state index contributed by atoms with van der Waals surface area (Å²) >= 11 is 0. The highest BCUT2D eigenvalue weighted by atomic mass is 15.3. The Kier molecular flexibility index (Phi) is 4.97. The third-order valence-corrected chi connectivity index (χ3v) is 5.96. The zero-order valence-corrected chi connectivity index (χ0v) is 17.0. The van der Waals surface area contributed by atoms with Gasteiger partial charge < -0.3 is 9.80 Å². The topological polar surface area (TPSA) is 61.3 Å². The summed E-state index contributed by atoms with van der Waals surface area (Å²) < 4.78 is 0. The molecule has 0 amide bonds. The van der Waals surface area contributed by atoms with Gasteiger partial charge in [0.1, 0.15) is 12.1 Å². The number of anilines is 2. The largest absolute Gasteiger partial charge is 0.369 e. The number of piperazine rings is 1. The van der Waals surface area contributed by atoms with E-state index in [0.29, 0.717) is 0 Å². The van der Waals surface area contributed by atoms with Crippen molar-refractivity contribution in [3.05, 3.63) is 48.3 Å². The van der Waals surface area contributed by atoms with Gasteiger partial charge in [0, 0.05) is 69.3 Å². The lowest BCUT2D eigenvalue weighted by Crippen LogP contribution is -2.46. The summed E-state index contributed by atoms with van der Waals surface area (Å²) in [7, 11) is 0. The van der Waals surface area contributed by atoms with Gasteiger partial charge in [0.05, 0.1) is 16.9 Å². The number of nitrogens with zero attached hydrogens (tertiary/aromatic N) is 7. The summed E-state index contributed by atoms with van der Waals surface area (Å²) in [5.74, 6) is 1.09. The molecule has 7 nitrogen and oxygen atoms in total. The van der Waals surface area contributed by atoms with Crippen molar-refractivity contribution >= 4 is 22.4 Å². The van der Waals surface area contributed by atoms with Crippen molar-refractivity contribution in [3.8, 4) is 0 Å². The molecule has 7 heteroatoms. The standard InChI is InChI=1S/C22H27N7/c1-17-13-24-18(14-23-17)15-27-8-10-28(11-9-27)19-4-5-21-20(12-19)22(26-16-25-21)29-6-2-3-7-29/h4-5,12-14,16H,2-3,6-11,15H2,1H3. The second-order valence-corrected chi connectivity index (χ2v) is 8.01. The average Bonchev–Trinajstić information content (AvgIpc) is 3.30. The number of aromatic nitrogens is 4. The summed E-state index contributed by atoms with van der Waals surface area (Å²) in [6.07, 6.45) is 7.94. The maximum Gasteiger partial charge on any atom is 0.139 e. The summed E-state index contributed by atoms with van der Waals surface area (Å²) in [6.45, 7) is 9.10. The Balaban J connectivity index is 1.30. The van der Waals surface area contributed by atoms with Crippen LogP contribution in [0.1, 0.15) is 24.2 Å². The van der Waals surface area contributed by atoms with Crippen molar-refractivity contribution in [1.29, 1.82) is 0 Å². The van der Waals surface area contributed by atoms with Crippen LogP contribution in [0.5, 0.6) is 0 Å². The van der Waals surface area contributed by atoms with Gasteiger partial charge in [-0.15, -0.1) is 0 Å². The molecular weight excluding hydrogens is 362 g/mol. The molecule has 0 unspecified atom stereocenters. The number of hydrogen-bond acceptors (Lipinski definition) is 7. The molecule has 2 saturated heterocycles. The van der Waals surface area contributed by atoms with Gasteiger partial charge in [-0.3, -0.25) is 14.9 Å². The average molecular weight is 390 g/mol. The van der Waals surface area contributed by atoms with E-state index in [2.05, 4.69) is 52.8 Å². The third-order valence-electron chi connectivity index (χ3n) is 5.96. The minimum atomic E-state index is 0.867. The number of benzene rings is 1. The monoisotopic (exact) mass is 389 g/mol. The van der Waals surface area contributed by atoms with E-state index in [9.17, 15) is 0 Å². The van der Waals surface area contributed by atoms with Gasteiger partial charge >= 0.3 is 0 Å². The number of rotatable bonds is 4. The molecule has 0 radical (unpaired) electrons. The van der Waals surface area contributed by atoms with E-state index in [1.54, 1.807) is 6.33 Å². The van der Waals surface area contributed by atoms with E-state index in [1.165, 1.54) is 23.9 Å². The Bertz CT molecular complexity index is 974. The molecule has 0 aliphatic carbocycles. The fourth-order valence-electron chi connectivity index (χ4n) is 4.30. The van der Waals surface area contributed by atoms with Gasteiger partial charge in [0.2, 0.25) is 0 Å². The van der Waals surface area contributed by atoms with Crippen molar-refractivity contribution in [1.82, 2.24) is 24.8 Å². The Labute approximate surface area is 171 Å². The Morgan fingerprint density at radius 3 is 2.41 bits per heavy atom. The SMILES string of the molecule is Cc1cnc(CN2CCN(c3ccc4ncnc(N5CCCC5)c4c3)CC2)cn1. The highest BCUT2D eigenvalue weighted by molar-refractivity contribution is 5.92. The molecule has 2 aliphatic rings. The van der Waals surface area contributed by atoms with Crippen LogP contribution in [0.2, 0.25) is 0 Å². The molecule has 2 aromatic heterocycles. The van der Waals surface area contributed by atoms with Gasteiger partial charge in [0.15, 0.2) is 0 Å². The van der Waals surface area contributed by atoms with Gasteiger partial charge in [-0.05, 0) is 38.0 Å². The van der Waals surface area contributed by atoms with Crippen molar-refractivity contribution < 1.29 is 0 Å². The lowest BCUT2D eigenvalue weighted by molar-refractivity contribution is 0.247. The van der Waals surface area contributed by atoms with Crippen LogP contribution in [-0.4, -0.2) is 64.1 Å². The molecular formula is C22H27N7. The summed E-state index contributed by atoms with van der Waals surface area (Å²) in [4.78, 5) is 25.3. The van der Waals surface area contributed by atoms with E-state index < -0.39 is 0 Å². The van der Waals surface area contributed by atoms with Crippen LogP contribution in [0.25, 0.3) is 10.9 Å². The van der Waals surface area contributed by atoms with Crippen LogP contribution < -0.4 is 9.80 Å². The summed E-state index contributed by atoms with van der Waals surface area (Å²) in [5, 5.41) is 1.17. The zero-order valence-electron chi connectivity index (χ0n) is 17.0. The van der Waals surface area contributed by atoms with Crippen LogP contribution in [0.3, 0.4) is 0 Å². The molecule has 29 heavy (non-hydrogen) atoms. The first-order chi connectivity index (χ1) is 14.3. The minimum absolute atomic E-state index is 0.867. The summed E-state index contributed by atoms with van der Waals surface area (Å²) in [5.41, 5.74) is 4.30. The molecule has 150 valence electrons. The molecule has 4 heterocycles. The summed E-state index contributed by atoms with van der Waals surface area (Å²) in [6, 6.07) is 6.62. The predicted octanol–water partition coefficient (Wildman–Crippen LogP) is 2.65. The Hall–Kier alpha value is -2.80. The van der Waals surface area contributed by atoms with Crippen molar-refractivity contribution in [2.45, 2.75) is 26.3 Å². The van der Waals surface area contributed by atoms with Crippen LogP contribution in [0.15, 0.2) is 36.9 Å². The Morgan fingerprint density at radius 1 is 0.828 bits per heavy atom. The molecule has 5 rings (SSSR count). The zero-order chi connectivity index (χ0) is 19.6. The maximum absolute atomic E-state index is 4.62. The molecule has 2 fully saturated rings. The fourth-order valence-corrected chi connectivity index (χ4v) is 4.30. The Morgan fingerprint density at radius 2 is 1.66 bits per heavy atom. The van der Waals surface area contributed by atoms with Crippen LogP contribution in [0.4, 0.5) is 11.5 Å². The normalized spacial score (nSPS) is 18.0. The molecule has 3 aromatic rings. The van der Waals surface area contributed by atoms with E-state index in [1.807, 2.05) is 19.3 Å². The molecule has 2 aliphatic heterocycles. The molecule has 1 aromatic carbocycles. The van der Waals surface area contributed by atoms with Crippen molar-refractivity contribution in [2.24, 2.45) is 0 Å². The van der Waals surface area contributed by atoms with Gasteiger partial charge in [0.25, 0.3) is 0 Å². The molecule has 0 bridgehead atoms. The highest BCUT2D eigenvalue weighted by Gasteiger charge is 2.20. The molecule has 0 N–H and O–H groups in total. The van der Waals surface area contributed by atoms with Gasteiger partial charge in [-0.2, -0.15) is 0 Å². The third kappa shape index (κ3) is 3.87. The predicted molar refractivity (Wildman–Crippen MR) is 115 cm³/mol. The van der Waals surface area contributed by atoms with Crippen LogP contribution in [0, 0.1) is 6.92 Å². The van der Waals surface area contributed by atoms with Gasteiger partial charge in [-0.1, -0.05) is 0 Å². The first kappa shape index (κ1) is 18.2. The van der Waals surface area contributed by atoms with E-state index in [-0.39, 0.29) is 0 Å². The van der Waals surface area contributed by atoms with Crippen molar-refractivity contribution in [3.63, 3.8) is 0 Å². The molecule has 0 saturated carbocycles. The van der Waals surface area contributed by atoms with Gasteiger partial charge in [-0.25, -0.2) is 9.97 Å². The molecule has 0 atom stereocenters.